The highest BCUT2D eigenvalue weighted by atomic mass is 14.3. The first kappa shape index (κ1) is 14.5. The van der Waals surface area contributed by atoms with Crippen molar-refractivity contribution in [3.05, 3.63) is 101 Å². The molecular formula is C25H20. The summed E-state index contributed by atoms with van der Waals surface area (Å²) in [6.07, 6.45) is 10.2. The largest absolute Gasteiger partial charge is 0.0804 e. The van der Waals surface area contributed by atoms with Gasteiger partial charge in [0.1, 0.15) is 0 Å². The molecule has 2 aliphatic carbocycles. The quantitative estimate of drug-likeness (QED) is 0.482. The molecule has 0 fully saturated rings. The molecular weight excluding hydrogens is 300 g/mol. The molecule has 0 spiro atoms. The normalized spacial score (nSPS) is 18.4. The van der Waals surface area contributed by atoms with Crippen LogP contribution >= 0.6 is 0 Å². The van der Waals surface area contributed by atoms with Crippen LogP contribution in [0.25, 0.3) is 28.0 Å². The zero-order valence-electron chi connectivity index (χ0n) is 14.4. The second-order valence-electron chi connectivity index (χ2n) is 7.03. The Bertz CT molecular complexity index is 1070. The summed E-state index contributed by atoms with van der Waals surface area (Å²) >= 11 is 0. The van der Waals surface area contributed by atoms with E-state index in [1.54, 1.807) is 0 Å². The Morgan fingerprint density at radius 1 is 0.840 bits per heavy atom. The molecule has 0 aliphatic heterocycles. The molecule has 0 radical (unpaired) electrons. The van der Waals surface area contributed by atoms with Crippen molar-refractivity contribution in [1.29, 1.82) is 0 Å². The molecule has 0 saturated carbocycles. The van der Waals surface area contributed by atoms with Crippen LogP contribution in [0.15, 0.2) is 90.0 Å². The van der Waals surface area contributed by atoms with Gasteiger partial charge >= 0.3 is 0 Å². The summed E-state index contributed by atoms with van der Waals surface area (Å²) in [5.41, 5.74) is 8.51. The van der Waals surface area contributed by atoms with Crippen LogP contribution in [0.4, 0.5) is 0 Å². The van der Waals surface area contributed by atoms with E-state index in [9.17, 15) is 0 Å². The Hall–Kier alpha value is -2.86. The first-order valence-corrected chi connectivity index (χ1v) is 8.98. The lowest BCUT2D eigenvalue weighted by molar-refractivity contribution is 0.919. The Morgan fingerprint density at radius 3 is 2.52 bits per heavy atom. The van der Waals surface area contributed by atoms with E-state index in [1.807, 2.05) is 0 Å². The van der Waals surface area contributed by atoms with Gasteiger partial charge in [-0.25, -0.2) is 0 Å². The molecule has 120 valence electrons. The average Bonchev–Trinajstić information content (AvgIpc) is 3.27. The molecule has 0 heteroatoms. The Balaban J connectivity index is 1.73. The van der Waals surface area contributed by atoms with Gasteiger partial charge in [-0.05, 0) is 46.4 Å². The molecule has 0 heterocycles. The summed E-state index contributed by atoms with van der Waals surface area (Å²) in [6, 6.07) is 22.1. The lowest BCUT2D eigenvalue weighted by Gasteiger charge is -2.17. The van der Waals surface area contributed by atoms with Crippen molar-refractivity contribution in [2.24, 2.45) is 0 Å². The third kappa shape index (κ3) is 2.21. The van der Waals surface area contributed by atoms with Gasteiger partial charge in [-0.15, -0.1) is 0 Å². The molecule has 0 saturated heterocycles. The van der Waals surface area contributed by atoms with Crippen LogP contribution in [0, 0.1) is 0 Å². The molecule has 0 amide bonds. The van der Waals surface area contributed by atoms with Gasteiger partial charge in [0.05, 0.1) is 0 Å². The van der Waals surface area contributed by atoms with E-state index in [-0.39, 0.29) is 0 Å². The molecule has 0 N–H and O–H groups in total. The summed E-state index contributed by atoms with van der Waals surface area (Å²) in [5.74, 6) is 0.444. The van der Waals surface area contributed by atoms with Crippen LogP contribution in [0.3, 0.4) is 0 Å². The van der Waals surface area contributed by atoms with E-state index in [1.165, 1.54) is 44.2 Å². The van der Waals surface area contributed by atoms with Gasteiger partial charge in [-0.3, -0.25) is 0 Å². The average molecular weight is 320 g/mol. The van der Waals surface area contributed by atoms with Crippen molar-refractivity contribution in [3.8, 4) is 11.1 Å². The molecule has 25 heavy (non-hydrogen) atoms. The summed E-state index contributed by atoms with van der Waals surface area (Å²) in [7, 11) is 0. The first-order valence-electron chi connectivity index (χ1n) is 8.98. The highest BCUT2D eigenvalue weighted by molar-refractivity contribution is 5.99. The van der Waals surface area contributed by atoms with E-state index in [0.29, 0.717) is 5.92 Å². The van der Waals surface area contributed by atoms with Gasteiger partial charge in [0.15, 0.2) is 0 Å². The first-order chi connectivity index (χ1) is 12.3. The third-order valence-electron chi connectivity index (χ3n) is 5.53. The van der Waals surface area contributed by atoms with Crippen LogP contribution in [-0.4, -0.2) is 0 Å². The molecule has 2 aliphatic rings. The zero-order valence-corrected chi connectivity index (χ0v) is 14.4. The van der Waals surface area contributed by atoms with Gasteiger partial charge in [0.2, 0.25) is 0 Å². The van der Waals surface area contributed by atoms with Gasteiger partial charge in [0, 0.05) is 5.92 Å². The SMILES string of the molecule is CC1=Cc2c(-c3cccc4ccccc34)cccc2C1C1=CC=CC1. The van der Waals surface area contributed by atoms with Gasteiger partial charge in [0.25, 0.3) is 0 Å². The van der Waals surface area contributed by atoms with Crippen LogP contribution in [-0.2, 0) is 0 Å². The van der Waals surface area contributed by atoms with Crippen molar-refractivity contribution in [2.45, 2.75) is 19.3 Å². The number of allylic oxidation sites excluding steroid dienone is 5. The fourth-order valence-electron chi connectivity index (χ4n) is 4.42. The van der Waals surface area contributed by atoms with Crippen molar-refractivity contribution in [3.63, 3.8) is 0 Å². The minimum Gasteiger partial charge on any atom is -0.0804 e. The molecule has 0 nitrogen and oxygen atoms in total. The molecule has 1 unspecified atom stereocenters. The zero-order chi connectivity index (χ0) is 16.8. The fraction of sp³-hybridized carbons (Fsp3) is 0.120. The van der Waals surface area contributed by atoms with E-state index >= 15 is 0 Å². The van der Waals surface area contributed by atoms with E-state index in [4.69, 9.17) is 0 Å². The van der Waals surface area contributed by atoms with Crippen LogP contribution in [0.1, 0.15) is 30.4 Å². The third-order valence-corrected chi connectivity index (χ3v) is 5.53. The fourth-order valence-corrected chi connectivity index (χ4v) is 4.42. The standard InChI is InChI=1S/C25H20/c1-17-16-24-22(21-13-6-11-18-8-4-5-12-20(18)21)14-7-15-23(24)25(17)19-9-2-3-10-19/h2-9,11-16,25H,10H2,1H3. The van der Waals surface area contributed by atoms with E-state index in [2.05, 4.69) is 91.9 Å². The maximum Gasteiger partial charge on any atom is 0.0270 e. The minimum atomic E-state index is 0.444. The number of rotatable bonds is 2. The number of hydrogen-bond acceptors (Lipinski definition) is 0. The molecule has 5 rings (SSSR count). The number of hydrogen-bond donors (Lipinski definition) is 0. The highest BCUT2D eigenvalue weighted by Gasteiger charge is 2.27. The molecule has 3 aromatic rings. The number of benzene rings is 3. The van der Waals surface area contributed by atoms with Gasteiger partial charge < -0.3 is 0 Å². The van der Waals surface area contributed by atoms with Gasteiger partial charge in [-0.1, -0.05) is 96.1 Å². The second kappa shape index (κ2) is 5.60. The van der Waals surface area contributed by atoms with E-state index in [0.717, 1.165) is 6.42 Å². The summed E-state index contributed by atoms with van der Waals surface area (Å²) in [5, 5.41) is 2.63. The van der Waals surface area contributed by atoms with E-state index < -0.39 is 0 Å². The minimum absolute atomic E-state index is 0.444. The summed E-state index contributed by atoms with van der Waals surface area (Å²) < 4.78 is 0. The lowest BCUT2D eigenvalue weighted by Crippen LogP contribution is -2.00. The molecule has 0 aromatic heterocycles. The van der Waals surface area contributed by atoms with Crippen molar-refractivity contribution in [2.75, 3.05) is 0 Å². The van der Waals surface area contributed by atoms with Crippen molar-refractivity contribution < 1.29 is 0 Å². The Morgan fingerprint density at radius 2 is 1.64 bits per heavy atom. The maximum absolute atomic E-state index is 2.40. The Kier molecular flexibility index (Phi) is 3.24. The number of fused-ring (bicyclic) bond motifs is 2. The van der Waals surface area contributed by atoms with Crippen LogP contribution in [0.5, 0.6) is 0 Å². The second-order valence-corrected chi connectivity index (χ2v) is 7.03. The molecule has 0 bridgehead atoms. The van der Waals surface area contributed by atoms with Gasteiger partial charge in [-0.2, -0.15) is 0 Å². The predicted molar refractivity (Wildman–Crippen MR) is 108 cm³/mol. The smallest absolute Gasteiger partial charge is 0.0270 e. The summed E-state index contributed by atoms with van der Waals surface area (Å²) in [6.45, 7) is 2.27. The Labute approximate surface area is 148 Å². The lowest BCUT2D eigenvalue weighted by atomic mass is 9.86. The maximum atomic E-state index is 2.40. The van der Waals surface area contributed by atoms with Crippen molar-refractivity contribution >= 4 is 16.8 Å². The highest BCUT2D eigenvalue weighted by Crippen LogP contribution is 2.46. The molecule has 1 atom stereocenters. The van der Waals surface area contributed by atoms with Crippen molar-refractivity contribution in [1.82, 2.24) is 0 Å². The topological polar surface area (TPSA) is 0 Å². The summed E-state index contributed by atoms with van der Waals surface area (Å²) in [4.78, 5) is 0. The predicted octanol–water partition coefficient (Wildman–Crippen LogP) is 6.89. The van der Waals surface area contributed by atoms with Crippen LogP contribution < -0.4 is 0 Å². The van der Waals surface area contributed by atoms with Crippen LogP contribution in [0.2, 0.25) is 0 Å². The molecule has 3 aromatic carbocycles. The monoisotopic (exact) mass is 320 g/mol.